The van der Waals surface area contributed by atoms with Gasteiger partial charge < -0.3 is 10.4 Å². The molecule has 0 aromatic heterocycles. The summed E-state index contributed by atoms with van der Waals surface area (Å²) in [4.78, 5) is 24.3. The number of carbonyl (C=O) groups excluding carboxylic acids is 1. The first-order valence-corrected chi connectivity index (χ1v) is 13.4. The molecule has 188 valence electrons. The summed E-state index contributed by atoms with van der Waals surface area (Å²) in [5, 5.41) is 12.6. The molecule has 1 heterocycles. The van der Waals surface area contributed by atoms with Crippen LogP contribution in [0.4, 0.5) is 5.69 Å². The van der Waals surface area contributed by atoms with Crippen LogP contribution in [0, 0.1) is 12.8 Å². The average molecular weight is 507 g/mol. The molecular formula is C28H30N2O5S. The maximum atomic E-state index is 13.1. The Kier molecular flexibility index (Phi) is 7.28. The quantitative estimate of drug-likeness (QED) is 0.436. The minimum absolute atomic E-state index is 0.0171. The molecule has 4 rings (SSSR count). The molecule has 0 saturated carbocycles. The minimum Gasteiger partial charge on any atom is -0.480 e. The van der Waals surface area contributed by atoms with Gasteiger partial charge in [-0.3, -0.25) is 9.59 Å². The summed E-state index contributed by atoms with van der Waals surface area (Å²) < 4.78 is 28.6. The Morgan fingerprint density at radius 3 is 2.53 bits per heavy atom. The standard InChI is InChI=1S/C28H30N2O5S/c1-4-17(2)13-27(31)29-22-7-5-6-19(14-22)20-9-10-21-16-25(28(32)33)30-36(34,35)26-12-18(3)8-11-23(26)24(21)15-20/h5-12,14-15,17,25,30H,4,13,16H2,1-3H3,(H,29,31)(H,32,33). The second kappa shape index (κ2) is 10.2. The number of aliphatic carboxylic acids is 1. The summed E-state index contributed by atoms with van der Waals surface area (Å²) in [5.41, 5.74) is 5.04. The molecule has 0 radical (unpaired) electrons. The Bertz CT molecular complexity index is 1430. The Balaban J connectivity index is 1.78. The number of carbonyl (C=O) groups is 2. The van der Waals surface area contributed by atoms with E-state index in [2.05, 4.69) is 17.0 Å². The van der Waals surface area contributed by atoms with Gasteiger partial charge in [-0.05, 0) is 64.9 Å². The van der Waals surface area contributed by atoms with Gasteiger partial charge >= 0.3 is 5.97 Å². The molecule has 3 aromatic carbocycles. The fraction of sp³-hybridized carbons (Fsp3) is 0.286. The predicted molar refractivity (Wildman–Crippen MR) is 140 cm³/mol. The Morgan fingerprint density at radius 1 is 1.06 bits per heavy atom. The number of sulfonamides is 1. The van der Waals surface area contributed by atoms with Crippen molar-refractivity contribution >= 4 is 27.6 Å². The largest absolute Gasteiger partial charge is 0.480 e. The lowest BCUT2D eigenvalue weighted by Crippen LogP contribution is -2.43. The van der Waals surface area contributed by atoms with E-state index in [4.69, 9.17) is 0 Å². The number of carboxylic acids is 1. The van der Waals surface area contributed by atoms with E-state index in [1.807, 2.05) is 55.5 Å². The molecule has 2 atom stereocenters. The average Bonchev–Trinajstić information content (AvgIpc) is 2.83. The van der Waals surface area contributed by atoms with Gasteiger partial charge in [0.25, 0.3) is 0 Å². The van der Waals surface area contributed by atoms with Crippen LogP contribution in [0.2, 0.25) is 0 Å². The van der Waals surface area contributed by atoms with Crippen molar-refractivity contribution in [2.45, 2.75) is 51.0 Å². The highest BCUT2D eigenvalue weighted by Gasteiger charge is 2.31. The van der Waals surface area contributed by atoms with Gasteiger partial charge in [-0.15, -0.1) is 0 Å². The first-order valence-electron chi connectivity index (χ1n) is 12.0. The van der Waals surface area contributed by atoms with Crippen molar-refractivity contribution in [3.8, 4) is 22.3 Å². The van der Waals surface area contributed by atoms with Crippen LogP contribution in [-0.4, -0.2) is 31.4 Å². The lowest BCUT2D eigenvalue weighted by Gasteiger charge is -2.23. The van der Waals surface area contributed by atoms with Gasteiger partial charge in [0.1, 0.15) is 6.04 Å². The van der Waals surface area contributed by atoms with Gasteiger partial charge in [0.15, 0.2) is 0 Å². The summed E-state index contributed by atoms with van der Waals surface area (Å²) in [5.74, 6) is -0.974. The third-order valence-corrected chi connectivity index (χ3v) is 8.07. The van der Waals surface area contributed by atoms with E-state index >= 15 is 0 Å². The SMILES string of the molecule is CCC(C)CC(=O)Nc1cccc(-c2ccc3c(c2)-c2ccc(C)cc2S(=O)(=O)NC(C(=O)O)C3)c1. The van der Waals surface area contributed by atoms with Gasteiger partial charge in [0.2, 0.25) is 15.9 Å². The van der Waals surface area contributed by atoms with Crippen LogP contribution in [0.25, 0.3) is 22.3 Å². The van der Waals surface area contributed by atoms with E-state index in [-0.39, 0.29) is 17.2 Å². The second-order valence-electron chi connectivity index (χ2n) is 9.43. The van der Waals surface area contributed by atoms with E-state index in [0.29, 0.717) is 29.2 Å². The molecule has 1 aliphatic heterocycles. The van der Waals surface area contributed by atoms with Crippen molar-refractivity contribution in [2.24, 2.45) is 5.92 Å². The molecule has 36 heavy (non-hydrogen) atoms. The number of anilines is 1. The van der Waals surface area contributed by atoms with Crippen molar-refractivity contribution in [3.05, 3.63) is 71.8 Å². The third-order valence-electron chi connectivity index (χ3n) is 6.56. The highest BCUT2D eigenvalue weighted by molar-refractivity contribution is 7.89. The van der Waals surface area contributed by atoms with Gasteiger partial charge in [-0.25, -0.2) is 8.42 Å². The number of amides is 1. The molecule has 7 nitrogen and oxygen atoms in total. The van der Waals surface area contributed by atoms with Crippen molar-refractivity contribution in [1.82, 2.24) is 4.72 Å². The Morgan fingerprint density at radius 2 is 1.81 bits per heavy atom. The maximum Gasteiger partial charge on any atom is 0.322 e. The normalized spacial score (nSPS) is 17.1. The van der Waals surface area contributed by atoms with Crippen molar-refractivity contribution < 1.29 is 23.1 Å². The van der Waals surface area contributed by atoms with Crippen LogP contribution in [0.15, 0.2) is 65.6 Å². The minimum atomic E-state index is -4.05. The van der Waals surface area contributed by atoms with Crippen molar-refractivity contribution in [3.63, 3.8) is 0 Å². The fourth-order valence-corrected chi connectivity index (χ4v) is 5.85. The van der Waals surface area contributed by atoms with Gasteiger partial charge in [0.05, 0.1) is 4.90 Å². The summed E-state index contributed by atoms with van der Waals surface area (Å²) in [6.45, 7) is 5.89. The molecule has 3 aromatic rings. The van der Waals surface area contributed by atoms with E-state index in [1.54, 1.807) is 19.1 Å². The van der Waals surface area contributed by atoms with Crippen LogP contribution in [0.1, 0.15) is 37.8 Å². The van der Waals surface area contributed by atoms with Crippen molar-refractivity contribution in [2.75, 3.05) is 5.32 Å². The highest BCUT2D eigenvalue weighted by Crippen LogP contribution is 2.37. The van der Waals surface area contributed by atoms with Gasteiger partial charge in [0, 0.05) is 24.1 Å². The molecule has 0 aliphatic carbocycles. The van der Waals surface area contributed by atoms with Crippen LogP contribution in [-0.2, 0) is 26.0 Å². The number of nitrogens with one attached hydrogen (secondary N) is 2. The predicted octanol–water partition coefficient (Wildman–Crippen LogP) is 4.99. The van der Waals surface area contributed by atoms with Crippen LogP contribution < -0.4 is 10.0 Å². The summed E-state index contributed by atoms with van der Waals surface area (Å²) in [6.07, 6.45) is 1.39. The maximum absolute atomic E-state index is 13.1. The van der Waals surface area contributed by atoms with Crippen molar-refractivity contribution in [1.29, 1.82) is 0 Å². The molecule has 0 spiro atoms. The Hall–Kier alpha value is -3.49. The molecule has 0 fully saturated rings. The molecule has 3 N–H and O–H groups in total. The second-order valence-corrected chi connectivity index (χ2v) is 11.1. The number of benzene rings is 3. The van der Waals surface area contributed by atoms with Crippen LogP contribution in [0.3, 0.4) is 0 Å². The fourth-order valence-electron chi connectivity index (χ4n) is 4.36. The number of hydrogen-bond acceptors (Lipinski definition) is 4. The lowest BCUT2D eigenvalue weighted by molar-refractivity contribution is -0.138. The number of rotatable bonds is 6. The Labute approximate surface area is 211 Å². The van der Waals surface area contributed by atoms with E-state index in [9.17, 15) is 23.1 Å². The van der Waals surface area contributed by atoms with E-state index in [1.165, 1.54) is 0 Å². The zero-order valence-corrected chi connectivity index (χ0v) is 21.4. The number of fused-ring (bicyclic) bond motifs is 3. The smallest absolute Gasteiger partial charge is 0.322 e. The number of hydrogen-bond donors (Lipinski definition) is 3. The first kappa shape index (κ1) is 25.6. The highest BCUT2D eigenvalue weighted by atomic mass is 32.2. The molecular weight excluding hydrogens is 476 g/mol. The van der Waals surface area contributed by atoms with Gasteiger partial charge in [-0.1, -0.05) is 56.7 Å². The van der Waals surface area contributed by atoms with Crippen LogP contribution >= 0.6 is 0 Å². The summed E-state index contributed by atoms with van der Waals surface area (Å²) in [6, 6.07) is 17.0. The first-order chi connectivity index (χ1) is 17.1. The molecule has 0 bridgehead atoms. The number of aryl methyl sites for hydroxylation is 1. The molecule has 1 aliphatic rings. The lowest BCUT2D eigenvalue weighted by atomic mass is 9.91. The zero-order valence-electron chi connectivity index (χ0n) is 20.5. The summed E-state index contributed by atoms with van der Waals surface area (Å²) >= 11 is 0. The molecule has 2 unspecified atom stereocenters. The third kappa shape index (κ3) is 5.50. The summed E-state index contributed by atoms with van der Waals surface area (Å²) in [7, 11) is -4.05. The topological polar surface area (TPSA) is 113 Å². The van der Waals surface area contributed by atoms with Gasteiger partial charge in [-0.2, -0.15) is 4.72 Å². The van der Waals surface area contributed by atoms with E-state index < -0.39 is 22.0 Å². The monoisotopic (exact) mass is 506 g/mol. The number of carboxylic acid groups (broad SMARTS) is 1. The van der Waals surface area contributed by atoms with E-state index in [0.717, 1.165) is 28.7 Å². The zero-order chi connectivity index (χ0) is 26.0. The molecule has 8 heteroatoms. The van der Waals surface area contributed by atoms with Crippen LogP contribution in [0.5, 0.6) is 0 Å². The molecule has 0 saturated heterocycles. The molecule has 1 amide bonds.